The van der Waals surface area contributed by atoms with Crippen molar-refractivity contribution >= 4 is 50.7 Å². The molecule has 0 spiro atoms. The van der Waals surface area contributed by atoms with Gasteiger partial charge in [0, 0.05) is 27.2 Å². The topological polar surface area (TPSA) is 13.1 Å². The molecule has 0 saturated heterocycles. The molecule has 8 aromatic rings. The van der Waals surface area contributed by atoms with Gasteiger partial charge in [-0.15, -0.1) is 0 Å². The van der Waals surface area contributed by atoms with Gasteiger partial charge in [-0.2, -0.15) is 0 Å². The van der Waals surface area contributed by atoms with Crippen molar-refractivity contribution in [3.8, 4) is 44.5 Å². The third-order valence-corrected chi connectivity index (χ3v) is 13.7. The molecular formula is C54H42O. The molecule has 1 aromatic heterocycles. The number of benzene rings is 7. The van der Waals surface area contributed by atoms with E-state index in [0.29, 0.717) is 0 Å². The van der Waals surface area contributed by atoms with E-state index < -0.39 is 0 Å². The Hall–Kier alpha value is -5.92. The van der Waals surface area contributed by atoms with Crippen LogP contribution in [0.1, 0.15) is 80.5 Å². The summed E-state index contributed by atoms with van der Waals surface area (Å²) in [4.78, 5) is 0. The van der Waals surface area contributed by atoms with Gasteiger partial charge in [0.25, 0.3) is 0 Å². The van der Waals surface area contributed by atoms with Gasteiger partial charge >= 0.3 is 0 Å². The Morgan fingerprint density at radius 3 is 1.85 bits per heavy atom. The highest BCUT2D eigenvalue weighted by atomic mass is 16.3. The molecular weight excluding hydrogens is 665 g/mol. The van der Waals surface area contributed by atoms with Crippen LogP contribution in [-0.4, -0.2) is 0 Å². The van der Waals surface area contributed by atoms with Crippen LogP contribution in [0.5, 0.6) is 0 Å². The second-order valence-corrected chi connectivity index (χ2v) is 17.3. The molecule has 0 bridgehead atoms. The number of fused-ring (bicyclic) bond motifs is 15. The molecule has 264 valence electrons. The minimum absolute atomic E-state index is 0.0513. The molecule has 4 aliphatic rings. The van der Waals surface area contributed by atoms with Crippen LogP contribution in [0.3, 0.4) is 0 Å². The third kappa shape index (κ3) is 4.03. The van der Waals surface area contributed by atoms with E-state index in [0.717, 1.165) is 37.0 Å². The zero-order valence-electron chi connectivity index (χ0n) is 31.9. The first-order chi connectivity index (χ1) is 26.8. The Bertz CT molecular complexity index is 3200. The standard InChI is InChI=1S/C54H42O/c1-53(2)43-23-13-11-15-33(43)34-27-25-32(30-45(34)53)48-37-18-7-5-16-35(37)47(36-17-6-8-19-38(36)48)31-26-28-44-42(29-31)49-39-20-9-10-21-40(39)52-50(51(49)54(44,3)4)41-22-12-14-24-46(41)55-52/h5,7,9-11,13-21,23-30H,6,8,12,22H2,1-4H3. The van der Waals surface area contributed by atoms with Crippen LogP contribution in [0.4, 0.5) is 0 Å². The minimum Gasteiger partial charge on any atom is -0.456 e. The monoisotopic (exact) mass is 706 g/mol. The summed E-state index contributed by atoms with van der Waals surface area (Å²) in [6, 6.07) is 41.7. The van der Waals surface area contributed by atoms with Gasteiger partial charge in [-0.3, -0.25) is 0 Å². The van der Waals surface area contributed by atoms with Crippen LogP contribution >= 0.6 is 0 Å². The zero-order chi connectivity index (χ0) is 36.8. The lowest BCUT2D eigenvalue weighted by atomic mass is 9.78. The smallest absolute Gasteiger partial charge is 0.143 e. The first-order valence-electron chi connectivity index (χ1n) is 20.1. The first-order valence-corrected chi connectivity index (χ1v) is 20.1. The molecule has 0 radical (unpaired) electrons. The summed E-state index contributed by atoms with van der Waals surface area (Å²) in [7, 11) is 0. The molecule has 0 atom stereocenters. The van der Waals surface area contributed by atoms with Gasteiger partial charge in [-0.05, 0) is 137 Å². The van der Waals surface area contributed by atoms with Gasteiger partial charge in [-0.25, -0.2) is 0 Å². The molecule has 0 saturated carbocycles. The summed E-state index contributed by atoms with van der Waals surface area (Å²) >= 11 is 0. The first kappa shape index (κ1) is 31.4. The molecule has 0 aliphatic heterocycles. The fourth-order valence-electron chi connectivity index (χ4n) is 11.2. The fourth-order valence-corrected chi connectivity index (χ4v) is 11.2. The maximum absolute atomic E-state index is 6.73. The van der Waals surface area contributed by atoms with E-state index >= 15 is 0 Å². The van der Waals surface area contributed by atoms with Gasteiger partial charge < -0.3 is 4.42 Å². The lowest BCUT2D eigenvalue weighted by Crippen LogP contribution is -2.31. The average molecular weight is 707 g/mol. The van der Waals surface area contributed by atoms with Crippen molar-refractivity contribution in [1.29, 1.82) is 0 Å². The van der Waals surface area contributed by atoms with E-state index in [1.54, 1.807) is 0 Å². The van der Waals surface area contributed by atoms with E-state index in [1.165, 1.54) is 110 Å². The number of furan rings is 1. The second-order valence-electron chi connectivity index (χ2n) is 17.3. The maximum atomic E-state index is 6.73. The summed E-state index contributed by atoms with van der Waals surface area (Å²) in [6.07, 6.45) is 13.7. The largest absolute Gasteiger partial charge is 0.456 e. The van der Waals surface area contributed by atoms with Gasteiger partial charge in [0.1, 0.15) is 11.3 Å². The molecule has 1 heteroatoms. The van der Waals surface area contributed by atoms with Crippen LogP contribution in [0, 0.1) is 0 Å². The quantitative estimate of drug-likeness (QED) is 0.174. The Balaban J connectivity index is 1.13. The molecule has 1 nitrogen and oxygen atoms in total. The average Bonchev–Trinajstić information content (AvgIpc) is 3.79. The number of aryl methyl sites for hydroxylation is 1. The molecule has 7 aromatic carbocycles. The number of hydrogen-bond acceptors (Lipinski definition) is 1. The Morgan fingerprint density at radius 1 is 0.509 bits per heavy atom. The second kappa shape index (κ2) is 10.9. The molecule has 55 heavy (non-hydrogen) atoms. The number of hydrogen-bond donors (Lipinski definition) is 0. The molecule has 4 aliphatic carbocycles. The van der Waals surface area contributed by atoms with Crippen molar-refractivity contribution in [2.75, 3.05) is 0 Å². The highest BCUT2D eigenvalue weighted by molar-refractivity contribution is 6.18. The lowest BCUT2D eigenvalue weighted by Gasteiger charge is -2.24. The summed E-state index contributed by atoms with van der Waals surface area (Å²) in [6.45, 7) is 9.62. The van der Waals surface area contributed by atoms with Crippen LogP contribution < -0.4 is 10.4 Å². The maximum Gasteiger partial charge on any atom is 0.143 e. The van der Waals surface area contributed by atoms with Gasteiger partial charge in [0.15, 0.2) is 0 Å². The minimum atomic E-state index is -0.170. The van der Waals surface area contributed by atoms with Crippen molar-refractivity contribution in [1.82, 2.24) is 0 Å². The van der Waals surface area contributed by atoms with Crippen molar-refractivity contribution in [2.24, 2.45) is 0 Å². The number of allylic oxidation sites excluding steroid dienone is 1. The molecule has 0 amide bonds. The Labute approximate surface area is 322 Å². The zero-order valence-corrected chi connectivity index (χ0v) is 31.9. The Kier molecular flexibility index (Phi) is 6.20. The number of rotatable bonds is 2. The Morgan fingerprint density at radius 2 is 1.11 bits per heavy atom. The van der Waals surface area contributed by atoms with Crippen molar-refractivity contribution in [3.05, 3.63) is 159 Å². The SMILES string of the molecule is CC1(C)c2ccccc2-c2ccc(-c3c4c(c(-c5ccc6c(c5)-c5c(c7c8c(oc7c7ccccc57)C=CCC8)C6(C)C)c5ccccc35)=CCCC=4)cc21. The highest BCUT2D eigenvalue weighted by Crippen LogP contribution is 2.57. The van der Waals surface area contributed by atoms with E-state index in [-0.39, 0.29) is 10.8 Å². The van der Waals surface area contributed by atoms with E-state index in [4.69, 9.17) is 4.42 Å². The summed E-state index contributed by atoms with van der Waals surface area (Å²) in [5.41, 5.74) is 18.7. The molecule has 12 rings (SSSR count). The van der Waals surface area contributed by atoms with Gasteiger partial charge in [0.05, 0.1) is 0 Å². The van der Waals surface area contributed by atoms with Gasteiger partial charge in [0.2, 0.25) is 0 Å². The molecule has 0 unspecified atom stereocenters. The summed E-state index contributed by atoms with van der Waals surface area (Å²) in [5, 5.41) is 9.22. The van der Waals surface area contributed by atoms with Gasteiger partial charge in [-0.1, -0.05) is 143 Å². The van der Waals surface area contributed by atoms with Crippen molar-refractivity contribution < 1.29 is 4.42 Å². The third-order valence-electron chi connectivity index (χ3n) is 13.7. The molecule has 1 heterocycles. The molecule has 0 N–H and O–H groups in total. The summed E-state index contributed by atoms with van der Waals surface area (Å²) < 4.78 is 6.73. The predicted octanol–water partition coefficient (Wildman–Crippen LogP) is 13.0. The van der Waals surface area contributed by atoms with Crippen LogP contribution in [0.25, 0.3) is 95.2 Å². The van der Waals surface area contributed by atoms with E-state index in [9.17, 15) is 0 Å². The normalized spacial score (nSPS) is 16.6. The van der Waals surface area contributed by atoms with E-state index in [1.807, 2.05) is 0 Å². The van der Waals surface area contributed by atoms with Crippen molar-refractivity contribution in [3.63, 3.8) is 0 Å². The van der Waals surface area contributed by atoms with Crippen LogP contribution in [0.2, 0.25) is 0 Å². The summed E-state index contributed by atoms with van der Waals surface area (Å²) in [5.74, 6) is 1.04. The molecule has 0 fully saturated rings. The fraction of sp³-hybridized carbons (Fsp3) is 0.185. The van der Waals surface area contributed by atoms with E-state index in [2.05, 4.69) is 161 Å². The lowest BCUT2D eigenvalue weighted by molar-refractivity contribution is 0.598. The van der Waals surface area contributed by atoms with Crippen LogP contribution in [-0.2, 0) is 17.3 Å². The van der Waals surface area contributed by atoms with Crippen LogP contribution in [0.15, 0.2) is 120 Å². The van der Waals surface area contributed by atoms with Crippen molar-refractivity contribution in [2.45, 2.75) is 64.2 Å². The predicted molar refractivity (Wildman–Crippen MR) is 232 cm³/mol. The highest BCUT2D eigenvalue weighted by Gasteiger charge is 2.41.